The van der Waals surface area contributed by atoms with Gasteiger partial charge in [-0.05, 0) is 44.4 Å². The second-order valence-electron chi connectivity index (χ2n) is 11.1. The summed E-state index contributed by atoms with van der Waals surface area (Å²) in [5.41, 5.74) is 1.93. The number of aromatic nitrogens is 2. The molecule has 4 aromatic rings. The molecule has 4 rings (SSSR count). The summed E-state index contributed by atoms with van der Waals surface area (Å²) in [7, 11) is 0. The molecule has 0 spiro atoms. The van der Waals surface area contributed by atoms with Crippen LogP contribution in [0.2, 0.25) is 0 Å². The number of carbonyl (C=O) groups is 3. The van der Waals surface area contributed by atoms with Gasteiger partial charge in [-0.3, -0.25) is 9.59 Å². The van der Waals surface area contributed by atoms with Crippen LogP contribution < -0.4 is 10.6 Å². The molecule has 0 saturated heterocycles. The summed E-state index contributed by atoms with van der Waals surface area (Å²) in [6.07, 6.45) is 2.77. The van der Waals surface area contributed by atoms with E-state index in [-0.39, 0.29) is 6.42 Å². The molecule has 2 atom stereocenters. The van der Waals surface area contributed by atoms with Crippen molar-refractivity contribution in [3.05, 3.63) is 126 Å². The number of nitrogens with zero attached hydrogens (tertiary/aromatic N) is 2. The van der Waals surface area contributed by atoms with Crippen LogP contribution in [0.3, 0.4) is 0 Å². The molecule has 2 amide bonds. The molecular formula is C33H36N4O5. The van der Waals surface area contributed by atoms with Crippen molar-refractivity contribution < 1.29 is 24.2 Å². The highest BCUT2D eigenvalue weighted by Crippen LogP contribution is 2.40. The first-order valence-corrected chi connectivity index (χ1v) is 13.7. The molecule has 1 heterocycles. The van der Waals surface area contributed by atoms with Gasteiger partial charge in [-0.1, -0.05) is 91.0 Å². The van der Waals surface area contributed by atoms with E-state index in [1.807, 2.05) is 65.4 Å². The number of carbonyl (C=O) groups excluding carboxylic acids is 2. The normalized spacial score (nSPS) is 13.0. The molecule has 0 aliphatic heterocycles. The van der Waals surface area contributed by atoms with Crippen molar-refractivity contribution in [1.29, 1.82) is 0 Å². The largest absolute Gasteiger partial charge is 0.480 e. The quantitative estimate of drug-likeness (QED) is 0.237. The molecule has 42 heavy (non-hydrogen) atoms. The molecule has 9 heteroatoms. The van der Waals surface area contributed by atoms with Crippen molar-refractivity contribution >= 4 is 18.0 Å². The highest BCUT2D eigenvalue weighted by atomic mass is 16.6. The highest BCUT2D eigenvalue weighted by Gasteiger charge is 2.38. The molecule has 1 aromatic heterocycles. The maximum absolute atomic E-state index is 13.2. The Hall–Kier alpha value is -4.92. The Labute approximate surface area is 245 Å². The number of rotatable bonds is 10. The van der Waals surface area contributed by atoms with E-state index in [0.717, 1.165) is 16.7 Å². The van der Waals surface area contributed by atoms with Gasteiger partial charge in [0, 0.05) is 12.6 Å². The molecule has 0 saturated carbocycles. The van der Waals surface area contributed by atoms with Crippen molar-refractivity contribution in [3.63, 3.8) is 0 Å². The van der Waals surface area contributed by atoms with Crippen molar-refractivity contribution in [2.75, 3.05) is 0 Å². The molecule has 3 N–H and O–H groups in total. The number of carboxylic acids is 1. The van der Waals surface area contributed by atoms with Crippen molar-refractivity contribution in [1.82, 2.24) is 20.2 Å². The Morgan fingerprint density at radius 1 is 0.833 bits per heavy atom. The van der Waals surface area contributed by atoms with Crippen LogP contribution in [-0.2, 0) is 26.3 Å². The Kier molecular flexibility index (Phi) is 9.10. The summed E-state index contributed by atoms with van der Waals surface area (Å²) >= 11 is 0. The molecular weight excluding hydrogens is 532 g/mol. The van der Waals surface area contributed by atoms with Crippen LogP contribution in [-0.4, -0.2) is 50.3 Å². The number of nitrogens with one attached hydrogen (secondary N) is 2. The lowest BCUT2D eigenvalue weighted by molar-refractivity contribution is -0.141. The van der Waals surface area contributed by atoms with E-state index < -0.39 is 41.2 Å². The molecule has 0 aliphatic carbocycles. The van der Waals surface area contributed by atoms with Crippen LogP contribution in [0, 0.1) is 0 Å². The summed E-state index contributed by atoms with van der Waals surface area (Å²) in [6.45, 7) is 6.50. The first-order chi connectivity index (χ1) is 20.0. The van der Waals surface area contributed by atoms with Crippen LogP contribution in [0.25, 0.3) is 0 Å². The highest BCUT2D eigenvalue weighted by molar-refractivity contribution is 5.89. The number of benzene rings is 3. The van der Waals surface area contributed by atoms with Gasteiger partial charge in [-0.15, -0.1) is 0 Å². The summed E-state index contributed by atoms with van der Waals surface area (Å²) in [5.74, 6) is -1.85. The van der Waals surface area contributed by atoms with Gasteiger partial charge in [0.1, 0.15) is 23.2 Å². The minimum Gasteiger partial charge on any atom is -0.480 e. The predicted octanol–water partition coefficient (Wildman–Crippen LogP) is 4.75. The van der Waals surface area contributed by atoms with E-state index in [1.54, 1.807) is 27.1 Å². The van der Waals surface area contributed by atoms with Crippen molar-refractivity contribution in [3.8, 4) is 0 Å². The average Bonchev–Trinajstić information content (AvgIpc) is 3.42. The Bertz CT molecular complexity index is 1400. The molecule has 9 nitrogen and oxygen atoms in total. The van der Waals surface area contributed by atoms with E-state index in [1.165, 1.54) is 6.92 Å². The first-order valence-electron chi connectivity index (χ1n) is 13.7. The Balaban J connectivity index is 1.78. The number of ether oxygens (including phenoxy) is 1. The summed E-state index contributed by atoms with van der Waals surface area (Å²) in [6, 6.07) is 27.9. The minimum absolute atomic E-state index is 0.00113. The van der Waals surface area contributed by atoms with Crippen molar-refractivity contribution in [2.24, 2.45) is 0 Å². The third-order valence-corrected chi connectivity index (χ3v) is 6.75. The van der Waals surface area contributed by atoms with Crippen LogP contribution >= 0.6 is 0 Å². The van der Waals surface area contributed by atoms with Crippen LogP contribution in [0.4, 0.5) is 4.79 Å². The molecule has 0 aliphatic rings. The monoisotopic (exact) mass is 568 g/mol. The molecule has 0 fully saturated rings. The maximum Gasteiger partial charge on any atom is 0.408 e. The second kappa shape index (κ2) is 12.7. The molecule has 0 radical (unpaired) electrons. The van der Waals surface area contributed by atoms with Crippen LogP contribution in [0.1, 0.15) is 50.1 Å². The van der Waals surface area contributed by atoms with Crippen molar-refractivity contribution in [2.45, 2.75) is 57.3 Å². The standard InChI is InChI=1S/C33H36N4O5/c1-23(30(39)40)35-29(38)28(36-31(41)42-32(2,3)4)20-27-21-37(22-34-27)33(24-14-8-5-9-15-24,25-16-10-6-11-17-25)26-18-12-7-13-19-26/h5-19,21-23,28H,20H2,1-4H3,(H,35,38)(H,36,41)(H,39,40)/t23-,28-/m0/s1. The number of alkyl carbamates (subject to hydrolysis) is 1. The van der Waals surface area contributed by atoms with Gasteiger partial charge in [0.15, 0.2) is 0 Å². The molecule has 0 bridgehead atoms. The Morgan fingerprint density at radius 3 is 1.74 bits per heavy atom. The first kappa shape index (κ1) is 30.0. The summed E-state index contributed by atoms with van der Waals surface area (Å²) < 4.78 is 7.37. The zero-order valence-corrected chi connectivity index (χ0v) is 24.2. The van der Waals surface area contributed by atoms with E-state index in [9.17, 15) is 19.5 Å². The molecule has 0 unspecified atom stereocenters. The maximum atomic E-state index is 13.2. The zero-order chi connectivity index (χ0) is 30.3. The number of aliphatic carboxylic acids is 1. The zero-order valence-electron chi connectivity index (χ0n) is 24.2. The Morgan fingerprint density at radius 2 is 1.31 bits per heavy atom. The van der Waals surface area contributed by atoms with E-state index in [4.69, 9.17) is 4.74 Å². The predicted molar refractivity (Wildman–Crippen MR) is 159 cm³/mol. The smallest absolute Gasteiger partial charge is 0.408 e. The summed E-state index contributed by atoms with van der Waals surface area (Å²) in [5, 5.41) is 14.3. The van der Waals surface area contributed by atoms with Crippen LogP contribution in [0.5, 0.6) is 0 Å². The number of hydrogen-bond donors (Lipinski definition) is 3. The third-order valence-electron chi connectivity index (χ3n) is 6.75. The minimum atomic E-state index is -1.19. The number of carboxylic acid groups (broad SMARTS) is 1. The average molecular weight is 569 g/mol. The second-order valence-corrected chi connectivity index (χ2v) is 11.1. The van der Waals surface area contributed by atoms with Gasteiger partial charge in [0.05, 0.1) is 12.0 Å². The van der Waals surface area contributed by atoms with E-state index in [2.05, 4.69) is 52.0 Å². The fourth-order valence-corrected chi connectivity index (χ4v) is 4.88. The number of hydrogen-bond acceptors (Lipinski definition) is 5. The SMILES string of the molecule is C[C@H](NC(=O)[C@H](Cc1cn(C(c2ccccc2)(c2ccccc2)c2ccccc2)cn1)NC(=O)OC(C)(C)C)C(=O)O. The number of amides is 2. The molecule has 218 valence electrons. The van der Waals surface area contributed by atoms with Gasteiger partial charge in [-0.2, -0.15) is 0 Å². The fourth-order valence-electron chi connectivity index (χ4n) is 4.88. The fraction of sp³-hybridized carbons (Fsp3) is 0.273. The van der Waals surface area contributed by atoms with E-state index in [0.29, 0.717) is 5.69 Å². The lowest BCUT2D eigenvalue weighted by Crippen LogP contribution is -2.52. The number of imidazole rings is 1. The topological polar surface area (TPSA) is 123 Å². The van der Waals surface area contributed by atoms with Gasteiger partial charge in [0.25, 0.3) is 0 Å². The third kappa shape index (κ3) is 6.86. The van der Waals surface area contributed by atoms with E-state index >= 15 is 0 Å². The lowest BCUT2D eigenvalue weighted by atomic mass is 9.77. The van der Waals surface area contributed by atoms with Crippen LogP contribution in [0.15, 0.2) is 104 Å². The van der Waals surface area contributed by atoms with Gasteiger partial charge < -0.3 is 25.0 Å². The van der Waals surface area contributed by atoms with Gasteiger partial charge >= 0.3 is 12.1 Å². The summed E-state index contributed by atoms with van der Waals surface area (Å²) in [4.78, 5) is 41.9. The van der Waals surface area contributed by atoms with Gasteiger partial charge in [0.2, 0.25) is 5.91 Å². The lowest BCUT2D eigenvalue weighted by Gasteiger charge is -2.37. The molecule has 3 aromatic carbocycles. The van der Waals surface area contributed by atoms with Gasteiger partial charge in [-0.25, -0.2) is 9.78 Å².